The lowest BCUT2D eigenvalue weighted by Crippen LogP contribution is -2.32. The SMILES string of the molecule is O=C(N/N=C/c1ccc(O)cc1)C(=O)Nc1cc(Cl)ccc1Cl. The molecule has 0 unspecified atom stereocenters. The number of carbonyl (C=O) groups excluding carboxylic acids is 2. The van der Waals surface area contributed by atoms with Crippen molar-refractivity contribution in [2.45, 2.75) is 0 Å². The van der Waals surface area contributed by atoms with Crippen LogP contribution in [0.3, 0.4) is 0 Å². The number of rotatable bonds is 3. The summed E-state index contributed by atoms with van der Waals surface area (Å²) in [5.74, 6) is -1.78. The molecule has 118 valence electrons. The number of halogens is 2. The first kappa shape index (κ1) is 16.8. The van der Waals surface area contributed by atoms with Gasteiger partial charge < -0.3 is 10.4 Å². The number of carbonyl (C=O) groups is 2. The van der Waals surface area contributed by atoms with Gasteiger partial charge >= 0.3 is 11.8 Å². The highest BCUT2D eigenvalue weighted by atomic mass is 35.5. The van der Waals surface area contributed by atoms with Gasteiger partial charge in [-0.3, -0.25) is 9.59 Å². The smallest absolute Gasteiger partial charge is 0.329 e. The zero-order chi connectivity index (χ0) is 16.8. The third kappa shape index (κ3) is 4.98. The minimum absolute atomic E-state index is 0.115. The van der Waals surface area contributed by atoms with Crippen molar-refractivity contribution >= 4 is 46.9 Å². The molecule has 2 aromatic rings. The zero-order valence-corrected chi connectivity index (χ0v) is 13.1. The van der Waals surface area contributed by atoms with E-state index in [4.69, 9.17) is 28.3 Å². The van der Waals surface area contributed by atoms with Crippen molar-refractivity contribution < 1.29 is 14.7 Å². The molecule has 0 atom stereocenters. The lowest BCUT2D eigenvalue weighted by molar-refractivity contribution is -0.136. The standard InChI is InChI=1S/C15H11Cl2N3O3/c16-10-3-6-12(17)13(7-10)19-14(22)15(23)20-18-8-9-1-4-11(21)5-2-9/h1-8,21H,(H,19,22)(H,20,23)/b18-8+. The molecule has 3 N–H and O–H groups in total. The first-order valence-corrected chi connectivity index (χ1v) is 7.10. The topological polar surface area (TPSA) is 90.8 Å². The summed E-state index contributed by atoms with van der Waals surface area (Å²) in [6, 6.07) is 10.6. The van der Waals surface area contributed by atoms with E-state index in [0.717, 1.165) is 0 Å². The Labute approximate surface area is 141 Å². The maximum Gasteiger partial charge on any atom is 0.329 e. The third-order valence-electron chi connectivity index (χ3n) is 2.66. The van der Waals surface area contributed by atoms with E-state index >= 15 is 0 Å². The summed E-state index contributed by atoms with van der Waals surface area (Å²) in [5, 5.41) is 15.7. The fourth-order valence-corrected chi connectivity index (χ4v) is 1.89. The molecule has 0 aliphatic heterocycles. The van der Waals surface area contributed by atoms with Crippen molar-refractivity contribution in [1.82, 2.24) is 5.43 Å². The molecule has 0 spiro atoms. The Kier molecular flexibility index (Phi) is 5.56. The van der Waals surface area contributed by atoms with Crippen molar-refractivity contribution in [3.8, 4) is 5.75 Å². The van der Waals surface area contributed by atoms with Gasteiger partial charge in [0, 0.05) is 5.02 Å². The minimum Gasteiger partial charge on any atom is -0.508 e. The van der Waals surface area contributed by atoms with Crippen LogP contribution in [0.1, 0.15) is 5.56 Å². The highest BCUT2D eigenvalue weighted by molar-refractivity contribution is 6.42. The van der Waals surface area contributed by atoms with Gasteiger partial charge in [0.15, 0.2) is 0 Å². The average molecular weight is 352 g/mol. The molecule has 0 bridgehead atoms. The number of nitrogens with one attached hydrogen (secondary N) is 2. The summed E-state index contributed by atoms with van der Waals surface area (Å²) >= 11 is 11.7. The van der Waals surface area contributed by atoms with Crippen LogP contribution >= 0.6 is 23.2 Å². The number of hydrazone groups is 1. The van der Waals surface area contributed by atoms with Crippen LogP contribution in [0.25, 0.3) is 0 Å². The molecule has 0 aliphatic rings. The molecule has 0 saturated heterocycles. The van der Waals surface area contributed by atoms with Gasteiger partial charge in [-0.1, -0.05) is 23.2 Å². The molecule has 6 nitrogen and oxygen atoms in total. The van der Waals surface area contributed by atoms with E-state index in [1.54, 1.807) is 18.2 Å². The van der Waals surface area contributed by atoms with Gasteiger partial charge in [0.05, 0.1) is 16.9 Å². The second-order valence-electron chi connectivity index (χ2n) is 4.37. The maximum atomic E-state index is 11.7. The normalized spacial score (nSPS) is 10.5. The van der Waals surface area contributed by atoms with E-state index in [9.17, 15) is 9.59 Å². The van der Waals surface area contributed by atoms with Crippen molar-refractivity contribution in [2.24, 2.45) is 5.10 Å². The Bertz CT molecular complexity index is 761. The molecule has 2 aromatic carbocycles. The van der Waals surface area contributed by atoms with Crippen molar-refractivity contribution in [2.75, 3.05) is 5.32 Å². The number of phenolic OH excluding ortho intramolecular Hbond substituents is 1. The molecule has 2 amide bonds. The molecule has 0 aromatic heterocycles. The van der Waals surface area contributed by atoms with Crippen LogP contribution in [0.15, 0.2) is 47.6 Å². The molecule has 8 heteroatoms. The summed E-state index contributed by atoms with van der Waals surface area (Å²) in [7, 11) is 0. The van der Waals surface area contributed by atoms with Crippen molar-refractivity contribution in [1.29, 1.82) is 0 Å². The van der Waals surface area contributed by atoms with E-state index in [-0.39, 0.29) is 16.5 Å². The van der Waals surface area contributed by atoms with E-state index in [2.05, 4.69) is 15.8 Å². The van der Waals surface area contributed by atoms with Crippen molar-refractivity contribution in [3.63, 3.8) is 0 Å². The lowest BCUT2D eigenvalue weighted by atomic mass is 10.2. The quantitative estimate of drug-likeness (QED) is 0.451. The Hall–Kier alpha value is -2.57. The summed E-state index contributed by atoms with van der Waals surface area (Å²) in [5.41, 5.74) is 2.94. The first-order chi connectivity index (χ1) is 11.0. The van der Waals surface area contributed by atoms with Gasteiger partial charge in [0.2, 0.25) is 0 Å². The van der Waals surface area contributed by atoms with E-state index < -0.39 is 11.8 Å². The number of benzene rings is 2. The monoisotopic (exact) mass is 351 g/mol. The van der Waals surface area contributed by atoms with Crippen LogP contribution in [0, 0.1) is 0 Å². The highest BCUT2D eigenvalue weighted by Gasteiger charge is 2.14. The van der Waals surface area contributed by atoms with Crippen LogP contribution in [0.2, 0.25) is 10.0 Å². The highest BCUT2D eigenvalue weighted by Crippen LogP contribution is 2.25. The molecule has 2 rings (SSSR count). The first-order valence-electron chi connectivity index (χ1n) is 6.34. The number of anilines is 1. The average Bonchev–Trinajstić information content (AvgIpc) is 2.52. The molecule has 23 heavy (non-hydrogen) atoms. The molecular formula is C15H11Cl2N3O3. The molecule has 0 aliphatic carbocycles. The van der Waals surface area contributed by atoms with Gasteiger partial charge in [0.1, 0.15) is 5.75 Å². The Balaban J connectivity index is 1.93. The van der Waals surface area contributed by atoms with Gasteiger partial charge in [-0.15, -0.1) is 0 Å². The summed E-state index contributed by atoms with van der Waals surface area (Å²) < 4.78 is 0. The second kappa shape index (κ2) is 7.62. The number of hydrogen-bond acceptors (Lipinski definition) is 4. The van der Waals surface area contributed by atoms with E-state index in [1.807, 2.05) is 0 Å². The van der Waals surface area contributed by atoms with Crippen LogP contribution in [-0.4, -0.2) is 23.1 Å². The van der Waals surface area contributed by atoms with Crippen LogP contribution < -0.4 is 10.7 Å². The zero-order valence-electron chi connectivity index (χ0n) is 11.6. The Morgan fingerprint density at radius 3 is 2.43 bits per heavy atom. The summed E-state index contributed by atoms with van der Waals surface area (Å²) in [6.45, 7) is 0. The fourth-order valence-electron chi connectivity index (χ4n) is 1.55. The predicted molar refractivity (Wildman–Crippen MR) is 88.9 cm³/mol. The van der Waals surface area contributed by atoms with Crippen LogP contribution in [0.4, 0.5) is 5.69 Å². The molecular weight excluding hydrogens is 341 g/mol. The predicted octanol–water partition coefficient (Wildman–Crippen LogP) is 2.79. The van der Waals surface area contributed by atoms with Crippen LogP contribution in [0.5, 0.6) is 5.75 Å². The number of aromatic hydroxyl groups is 1. The van der Waals surface area contributed by atoms with Gasteiger partial charge in [-0.25, -0.2) is 5.43 Å². The number of phenols is 1. The second-order valence-corrected chi connectivity index (χ2v) is 5.21. The molecule has 0 saturated carbocycles. The Morgan fingerprint density at radius 2 is 1.74 bits per heavy atom. The third-order valence-corrected chi connectivity index (χ3v) is 3.22. The van der Waals surface area contributed by atoms with Gasteiger partial charge in [0.25, 0.3) is 0 Å². The molecule has 0 heterocycles. The van der Waals surface area contributed by atoms with Crippen molar-refractivity contribution in [3.05, 3.63) is 58.1 Å². The number of amides is 2. The number of hydrogen-bond donors (Lipinski definition) is 3. The van der Waals surface area contributed by atoms with Crippen LogP contribution in [-0.2, 0) is 9.59 Å². The number of nitrogens with zero attached hydrogens (tertiary/aromatic N) is 1. The minimum atomic E-state index is -0.962. The lowest BCUT2D eigenvalue weighted by Gasteiger charge is -2.06. The maximum absolute atomic E-state index is 11.7. The Morgan fingerprint density at radius 1 is 1.04 bits per heavy atom. The molecule has 0 radical (unpaired) electrons. The summed E-state index contributed by atoms with van der Waals surface area (Å²) in [6.07, 6.45) is 1.33. The van der Waals surface area contributed by atoms with E-state index in [0.29, 0.717) is 10.6 Å². The largest absolute Gasteiger partial charge is 0.508 e. The van der Waals surface area contributed by atoms with E-state index in [1.165, 1.54) is 30.5 Å². The summed E-state index contributed by atoms with van der Waals surface area (Å²) in [4.78, 5) is 23.4. The molecule has 0 fully saturated rings. The fraction of sp³-hybridized carbons (Fsp3) is 0. The van der Waals surface area contributed by atoms with Gasteiger partial charge in [-0.05, 0) is 48.0 Å². The van der Waals surface area contributed by atoms with Gasteiger partial charge in [-0.2, -0.15) is 5.10 Å².